The van der Waals surface area contributed by atoms with Crippen molar-refractivity contribution in [2.24, 2.45) is 0 Å². The van der Waals surface area contributed by atoms with Gasteiger partial charge in [-0.1, -0.05) is 30.3 Å². The van der Waals surface area contributed by atoms with Gasteiger partial charge < -0.3 is 20.1 Å². The Bertz CT molecular complexity index is 890. The molecule has 7 nitrogen and oxygen atoms in total. The molecule has 2 aromatic carbocycles. The van der Waals surface area contributed by atoms with Crippen LogP contribution in [0.2, 0.25) is 0 Å². The van der Waals surface area contributed by atoms with E-state index in [0.29, 0.717) is 5.69 Å². The fraction of sp³-hybridized carbons (Fsp3) is 0.200. The van der Waals surface area contributed by atoms with Gasteiger partial charge in [0.15, 0.2) is 5.70 Å². The lowest BCUT2D eigenvalue weighted by Crippen LogP contribution is -2.33. The number of ether oxygens (including phenoxy) is 2. The Labute approximate surface area is 157 Å². The van der Waals surface area contributed by atoms with Crippen LogP contribution in [0.25, 0.3) is 0 Å². The van der Waals surface area contributed by atoms with Crippen LogP contribution >= 0.6 is 0 Å². The Morgan fingerprint density at radius 1 is 1.07 bits per heavy atom. The number of methoxy groups -OCH3 is 2. The molecule has 1 aliphatic heterocycles. The predicted molar refractivity (Wildman–Crippen MR) is 101 cm³/mol. The molecule has 2 aromatic rings. The van der Waals surface area contributed by atoms with Crippen molar-refractivity contribution in [3.8, 4) is 5.75 Å². The van der Waals surface area contributed by atoms with Gasteiger partial charge in [-0.05, 0) is 23.8 Å². The molecule has 0 aromatic heterocycles. The second-order valence-corrected chi connectivity index (χ2v) is 5.98. The van der Waals surface area contributed by atoms with Crippen LogP contribution in [0, 0.1) is 0 Å². The number of hydrogen-bond acceptors (Lipinski definition) is 5. The number of amides is 2. The van der Waals surface area contributed by atoms with E-state index in [0.717, 1.165) is 16.9 Å². The number of anilines is 1. The molecular formula is C20H21N3O4. The number of para-hydroxylation sites is 1. The normalized spacial score (nSPS) is 17.6. The van der Waals surface area contributed by atoms with Crippen LogP contribution in [-0.2, 0) is 14.3 Å². The van der Waals surface area contributed by atoms with Crippen LogP contribution in [0.1, 0.15) is 24.1 Å². The number of fused-ring (bicyclic) bond motifs is 1. The average molecular weight is 367 g/mol. The average Bonchev–Trinajstić information content (AvgIpc) is 2.82. The minimum Gasteiger partial charge on any atom is -0.497 e. The summed E-state index contributed by atoms with van der Waals surface area (Å²) in [6, 6.07) is 14.7. The third-order valence-corrected chi connectivity index (χ3v) is 4.21. The summed E-state index contributed by atoms with van der Waals surface area (Å²) in [6.07, 6.45) is 0. The molecule has 1 heterocycles. The Morgan fingerprint density at radius 2 is 1.78 bits per heavy atom. The predicted octanol–water partition coefficient (Wildman–Crippen LogP) is 2.28. The van der Waals surface area contributed by atoms with Gasteiger partial charge in [-0.15, -0.1) is 0 Å². The Morgan fingerprint density at radius 3 is 2.41 bits per heavy atom. The molecule has 1 unspecified atom stereocenters. The van der Waals surface area contributed by atoms with Crippen LogP contribution in [-0.4, -0.2) is 26.0 Å². The lowest BCUT2D eigenvalue weighted by atomic mass is 9.97. The molecule has 0 saturated carbocycles. The standard InChI is InChI=1S/C20H21N3O4/c1-12(24)21-20(27-3)18-19(25)22-16-7-5-4-6-15(16)17(23-18)13-8-10-14(26-2)11-9-13/h4-11,17,23H,1-3H3,(H,21,24)(H,22,25). The minimum atomic E-state index is -0.399. The lowest BCUT2D eigenvalue weighted by molar-refractivity contribution is -0.119. The SMILES string of the molecule is COC(NC(C)=O)=C1NC(c2ccc(OC)cc2)c2ccccc2NC1=O. The van der Waals surface area contributed by atoms with E-state index in [4.69, 9.17) is 9.47 Å². The van der Waals surface area contributed by atoms with Gasteiger partial charge in [0.2, 0.25) is 11.8 Å². The second kappa shape index (κ2) is 7.82. The maximum Gasteiger partial charge on any atom is 0.277 e. The summed E-state index contributed by atoms with van der Waals surface area (Å²) in [6.45, 7) is 1.35. The maximum atomic E-state index is 12.8. The third-order valence-electron chi connectivity index (χ3n) is 4.21. The molecule has 140 valence electrons. The van der Waals surface area contributed by atoms with Gasteiger partial charge >= 0.3 is 0 Å². The van der Waals surface area contributed by atoms with Gasteiger partial charge in [0.1, 0.15) is 5.75 Å². The zero-order chi connectivity index (χ0) is 19.4. The molecule has 0 aliphatic carbocycles. The highest BCUT2D eigenvalue weighted by Gasteiger charge is 2.29. The molecule has 0 radical (unpaired) electrons. The largest absolute Gasteiger partial charge is 0.497 e. The smallest absolute Gasteiger partial charge is 0.277 e. The molecule has 0 spiro atoms. The maximum absolute atomic E-state index is 12.8. The highest BCUT2D eigenvalue weighted by atomic mass is 16.5. The fourth-order valence-electron chi connectivity index (χ4n) is 2.94. The second-order valence-electron chi connectivity index (χ2n) is 5.98. The molecule has 2 amide bonds. The number of rotatable bonds is 4. The zero-order valence-corrected chi connectivity index (χ0v) is 15.3. The van der Waals surface area contributed by atoms with E-state index in [1.165, 1.54) is 14.0 Å². The van der Waals surface area contributed by atoms with Crippen molar-refractivity contribution in [1.82, 2.24) is 10.6 Å². The van der Waals surface area contributed by atoms with Crippen molar-refractivity contribution in [2.75, 3.05) is 19.5 Å². The first-order valence-electron chi connectivity index (χ1n) is 8.40. The molecule has 0 bridgehead atoms. The van der Waals surface area contributed by atoms with E-state index < -0.39 is 5.91 Å². The van der Waals surface area contributed by atoms with Gasteiger partial charge in [-0.25, -0.2) is 0 Å². The Balaban J connectivity index is 2.11. The number of hydrogen-bond donors (Lipinski definition) is 3. The summed E-state index contributed by atoms with van der Waals surface area (Å²) in [5.74, 6) is 0.0635. The first-order chi connectivity index (χ1) is 13.0. The van der Waals surface area contributed by atoms with E-state index in [1.54, 1.807) is 7.11 Å². The van der Waals surface area contributed by atoms with Gasteiger partial charge in [-0.2, -0.15) is 0 Å². The summed E-state index contributed by atoms with van der Waals surface area (Å²) in [5.41, 5.74) is 2.65. The summed E-state index contributed by atoms with van der Waals surface area (Å²) in [7, 11) is 3.00. The molecule has 0 saturated heterocycles. The van der Waals surface area contributed by atoms with E-state index in [2.05, 4.69) is 16.0 Å². The van der Waals surface area contributed by atoms with Gasteiger partial charge in [-0.3, -0.25) is 14.9 Å². The number of carbonyl (C=O) groups is 2. The van der Waals surface area contributed by atoms with Gasteiger partial charge in [0.05, 0.1) is 20.3 Å². The van der Waals surface area contributed by atoms with E-state index in [-0.39, 0.29) is 23.5 Å². The van der Waals surface area contributed by atoms with Crippen molar-refractivity contribution in [2.45, 2.75) is 13.0 Å². The number of benzene rings is 2. The van der Waals surface area contributed by atoms with Crippen molar-refractivity contribution in [1.29, 1.82) is 0 Å². The molecular weight excluding hydrogens is 346 g/mol. The van der Waals surface area contributed by atoms with E-state index in [1.807, 2.05) is 48.5 Å². The minimum absolute atomic E-state index is 0.0614. The number of carbonyl (C=O) groups excluding carboxylic acids is 2. The van der Waals surface area contributed by atoms with Gasteiger partial charge in [0, 0.05) is 18.2 Å². The van der Waals surface area contributed by atoms with E-state index in [9.17, 15) is 9.59 Å². The molecule has 3 rings (SSSR count). The van der Waals surface area contributed by atoms with Crippen LogP contribution < -0.4 is 20.7 Å². The van der Waals surface area contributed by atoms with Crippen LogP contribution in [0.4, 0.5) is 5.69 Å². The molecule has 7 heteroatoms. The summed E-state index contributed by atoms with van der Waals surface area (Å²) in [5, 5.41) is 8.64. The van der Waals surface area contributed by atoms with E-state index >= 15 is 0 Å². The first-order valence-corrected chi connectivity index (χ1v) is 8.40. The number of nitrogens with one attached hydrogen (secondary N) is 3. The van der Waals surface area contributed by atoms with Crippen molar-refractivity contribution in [3.63, 3.8) is 0 Å². The lowest BCUT2D eigenvalue weighted by Gasteiger charge is -2.21. The molecule has 1 atom stereocenters. The summed E-state index contributed by atoms with van der Waals surface area (Å²) >= 11 is 0. The van der Waals surface area contributed by atoms with Crippen molar-refractivity contribution in [3.05, 3.63) is 71.2 Å². The highest BCUT2D eigenvalue weighted by molar-refractivity contribution is 6.05. The van der Waals surface area contributed by atoms with Gasteiger partial charge in [0.25, 0.3) is 5.91 Å². The highest BCUT2D eigenvalue weighted by Crippen LogP contribution is 2.33. The molecule has 1 aliphatic rings. The summed E-state index contributed by atoms with van der Waals surface area (Å²) in [4.78, 5) is 24.2. The fourth-order valence-corrected chi connectivity index (χ4v) is 2.94. The molecule has 0 fully saturated rings. The Kier molecular flexibility index (Phi) is 5.30. The first kappa shape index (κ1) is 18.3. The monoisotopic (exact) mass is 367 g/mol. The van der Waals surface area contributed by atoms with Crippen molar-refractivity contribution >= 4 is 17.5 Å². The molecule has 3 N–H and O–H groups in total. The van der Waals surface area contributed by atoms with Crippen LogP contribution in [0.5, 0.6) is 5.75 Å². The third kappa shape index (κ3) is 3.87. The quantitative estimate of drug-likeness (QED) is 0.570. The van der Waals surface area contributed by atoms with Crippen LogP contribution in [0.3, 0.4) is 0 Å². The zero-order valence-electron chi connectivity index (χ0n) is 15.3. The topological polar surface area (TPSA) is 88.7 Å². The molecule has 27 heavy (non-hydrogen) atoms. The van der Waals surface area contributed by atoms with Crippen molar-refractivity contribution < 1.29 is 19.1 Å². The summed E-state index contributed by atoms with van der Waals surface area (Å²) < 4.78 is 10.5. The Hall–Kier alpha value is -3.48. The van der Waals surface area contributed by atoms with Crippen LogP contribution in [0.15, 0.2) is 60.1 Å².